The van der Waals surface area contributed by atoms with Gasteiger partial charge < -0.3 is 10.1 Å². The normalized spacial score (nSPS) is 22.8. The lowest BCUT2D eigenvalue weighted by molar-refractivity contribution is -0.0280. The molecule has 1 aliphatic rings. The highest BCUT2D eigenvalue weighted by atomic mass is 16.5. The van der Waals surface area contributed by atoms with Crippen LogP contribution in [0.5, 0.6) is 0 Å². The molecule has 0 aromatic carbocycles. The molecular weight excluding hydrogens is 126 g/mol. The van der Waals surface area contributed by atoms with E-state index in [4.69, 9.17) is 4.74 Å². The van der Waals surface area contributed by atoms with Gasteiger partial charge in [0.2, 0.25) is 0 Å². The molecule has 60 valence electrons. The maximum absolute atomic E-state index is 5.61. The summed E-state index contributed by atoms with van der Waals surface area (Å²) in [4.78, 5) is 0. The fraction of sp³-hybridized carbons (Fsp3) is 1.00. The van der Waals surface area contributed by atoms with Crippen molar-refractivity contribution in [1.29, 1.82) is 0 Å². The van der Waals surface area contributed by atoms with Crippen LogP contribution in [-0.2, 0) is 4.74 Å². The molecule has 0 aliphatic carbocycles. The van der Waals surface area contributed by atoms with Crippen LogP contribution in [-0.4, -0.2) is 25.3 Å². The Labute approximate surface area is 63.0 Å². The van der Waals surface area contributed by atoms with Crippen molar-refractivity contribution in [2.75, 3.05) is 13.1 Å². The number of hydrogen-bond donors (Lipinski definition) is 1. The predicted molar refractivity (Wildman–Crippen MR) is 42.0 cm³/mol. The van der Waals surface area contributed by atoms with Crippen LogP contribution < -0.4 is 5.32 Å². The van der Waals surface area contributed by atoms with E-state index in [2.05, 4.69) is 26.1 Å². The number of hydrogen-bond acceptors (Lipinski definition) is 2. The van der Waals surface area contributed by atoms with Gasteiger partial charge >= 0.3 is 0 Å². The van der Waals surface area contributed by atoms with Crippen LogP contribution in [0.1, 0.15) is 20.8 Å². The Hall–Kier alpha value is -0.0800. The first kappa shape index (κ1) is 8.02. The van der Waals surface area contributed by atoms with E-state index in [0.717, 1.165) is 19.0 Å². The minimum absolute atomic E-state index is 0.371. The van der Waals surface area contributed by atoms with Crippen molar-refractivity contribution in [2.24, 2.45) is 5.92 Å². The van der Waals surface area contributed by atoms with Gasteiger partial charge in [-0.1, -0.05) is 0 Å². The third-order valence-electron chi connectivity index (χ3n) is 1.96. The van der Waals surface area contributed by atoms with Crippen molar-refractivity contribution in [3.05, 3.63) is 0 Å². The van der Waals surface area contributed by atoms with Crippen molar-refractivity contribution in [1.82, 2.24) is 5.32 Å². The lowest BCUT2D eigenvalue weighted by atomic mass is 9.97. The summed E-state index contributed by atoms with van der Waals surface area (Å²) in [7, 11) is 0. The van der Waals surface area contributed by atoms with Gasteiger partial charge in [-0.2, -0.15) is 0 Å². The van der Waals surface area contributed by atoms with Crippen LogP contribution in [0.15, 0.2) is 0 Å². The van der Waals surface area contributed by atoms with Gasteiger partial charge in [0.15, 0.2) is 0 Å². The minimum atomic E-state index is 0.371. The van der Waals surface area contributed by atoms with Crippen LogP contribution >= 0.6 is 0 Å². The molecule has 0 aromatic heterocycles. The highest BCUT2D eigenvalue weighted by molar-refractivity contribution is 4.79. The van der Waals surface area contributed by atoms with Crippen LogP contribution in [0.3, 0.4) is 0 Å². The van der Waals surface area contributed by atoms with Crippen LogP contribution in [0.4, 0.5) is 0 Å². The zero-order chi connectivity index (χ0) is 7.56. The summed E-state index contributed by atoms with van der Waals surface area (Å²) in [6.45, 7) is 8.60. The van der Waals surface area contributed by atoms with E-state index in [1.165, 1.54) is 0 Å². The Bertz CT molecular complexity index is 99.4. The monoisotopic (exact) mass is 143 g/mol. The standard InChI is InChI=1S/C8H17NO/c1-6(2)10-7(3)8-4-9-5-8/h6-9H,4-5H2,1-3H3. The summed E-state index contributed by atoms with van der Waals surface area (Å²) < 4.78 is 5.61. The third-order valence-corrected chi connectivity index (χ3v) is 1.96. The van der Waals surface area contributed by atoms with Gasteiger partial charge in [0.1, 0.15) is 0 Å². The number of ether oxygens (including phenoxy) is 1. The topological polar surface area (TPSA) is 21.3 Å². The Morgan fingerprint density at radius 2 is 1.90 bits per heavy atom. The first-order valence-electron chi connectivity index (χ1n) is 4.06. The summed E-state index contributed by atoms with van der Waals surface area (Å²) in [6, 6.07) is 0. The number of nitrogens with one attached hydrogen (secondary N) is 1. The van der Waals surface area contributed by atoms with Gasteiger partial charge in [-0.25, -0.2) is 0 Å². The van der Waals surface area contributed by atoms with Gasteiger partial charge in [-0.05, 0) is 20.8 Å². The smallest absolute Gasteiger partial charge is 0.0602 e. The molecule has 0 saturated carbocycles. The van der Waals surface area contributed by atoms with Crippen molar-refractivity contribution in [2.45, 2.75) is 33.0 Å². The highest BCUT2D eigenvalue weighted by Crippen LogP contribution is 2.13. The van der Waals surface area contributed by atoms with Gasteiger partial charge in [0.05, 0.1) is 12.2 Å². The molecule has 0 radical (unpaired) electrons. The quantitative estimate of drug-likeness (QED) is 0.637. The van der Waals surface area contributed by atoms with Gasteiger partial charge in [-0.15, -0.1) is 0 Å². The lowest BCUT2D eigenvalue weighted by Gasteiger charge is -2.33. The zero-order valence-corrected chi connectivity index (χ0v) is 7.05. The van der Waals surface area contributed by atoms with Gasteiger partial charge in [0, 0.05) is 19.0 Å². The molecule has 1 heterocycles. The molecular formula is C8H17NO. The minimum Gasteiger partial charge on any atom is -0.375 e. The summed E-state index contributed by atoms with van der Waals surface area (Å²) in [5.41, 5.74) is 0. The molecule has 1 rings (SSSR count). The third kappa shape index (κ3) is 1.96. The van der Waals surface area contributed by atoms with Crippen molar-refractivity contribution in [3.8, 4) is 0 Å². The fourth-order valence-corrected chi connectivity index (χ4v) is 1.18. The van der Waals surface area contributed by atoms with E-state index in [9.17, 15) is 0 Å². The first-order chi connectivity index (χ1) is 4.70. The Morgan fingerprint density at radius 3 is 2.20 bits per heavy atom. The molecule has 1 aliphatic heterocycles. The average molecular weight is 143 g/mol. The SMILES string of the molecule is CC(C)OC(C)C1CNC1. The van der Waals surface area contributed by atoms with E-state index >= 15 is 0 Å². The molecule has 0 spiro atoms. The molecule has 2 nitrogen and oxygen atoms in total. The fourth-order valence-electron chi connectivity index (χ4n) is 1.18. The summed E-state index contributed by atoms with van der Waals surface area (Å²) >= 11 is 0. The molecule has 1 N–H and O–H groups in total. The summed E-state index contributed by atoms with van der Waals surface area (Å²) in [6.07, 6.45) is 0.803. The average Bonchev–Trinajstić information content (AvgIpc) is 1.55. The van der Waals surface area contributed by atoms with E-state index in [0.29, 0.717) is 12.2 Å². The molecule has 0 bridgehead atoms. The van der Waals surface area contributed by atoms with Crippen molar-refractivity contribution in [3.63, 3.8) is 0 Å². The van der Waals surface area contributed by atoms with Gasteiger partial charge in [0.25, 0.3) is 0 Å². The first-order valence-corrected chi connectivity index (χ1v) is 4.06. The van der Waals surface area contributed by atoms with Crippen molar-refractivity contribution >= 4 is 0 Å². The lowest BCUT2D eigenvalue weighted by Crippen LogP contribution is -2.48. The molecule has 1 fully saturated rings. The second kappa shape index (κ2) is 3.35. The zero-order valence-electron chi connectivity index (χ0n) is 7.05. The second-order valence-electron chi connectivity index (χ2n) is 3.31. The number of rotatable bonds is 3. The summed E-state index contributed by atoms with van der Waals surface area (Å²) in [5.74, 6) is 0.752. The van der Waals surface area contributed by atoms with E-state index in [-0.39, 0.29) is 0 Å². The highest BCUT2D eigenvalue weighted by Gasteiger charge is 2.24. The van der Waals surface area contributed by atoms with Crippen LogP contribution in [0.2, 0.25) is 0 Å². The second-order valence-corrected chi connectivity index (χ2v) is 3.31. The molecule has 1 atom stereocenters. The predicted octanol–water partition coefficient (Wildman–Crippen LogP) is 1.02. The molecule has 1 unspecified atom stereocenters. The Morgan fingerprint density at radius 1 is 1.30 bits per heavy atom. The van der Waals surface area contributed by atoms with E-state index < -0.39 is 0 Å². The molecule has 0 amide bonds. The molecule has 10 heavy (non-hydrogen) atoms. The van der Waals surface area contributed by atoms with E-state index in [1.54, 1.807) is 0 Å². The molecule has 2 heteroatoms. The van der Waals surface area contributed by atoms with Gasteiger partial charge in [-0.3, -0.25) is 0 Å². The Kier molecular flexibility index (Phi) is 2.69. The maximum atomic E-state index is 5.61. The maximum Gasteiger partial charge on any atom is 0.0602 e. The van der Waals surface area contributed by atoms with E-state index in [1.807, 2.05) is 0 Å². The molecule has 0 aromatic rings. The molecule has 1 saturated heterocycles. The largest absolute Gasteiger partial charge is 0.375 e. The Balaban J connectivity index is 2.13. The van der Waals surface area contributed by atoms with Crippen molar-refractivity contribution < 1.29 is 4.74 Å². The van der Waals surface area contributed by atoms with Crippen LogP contribution in [0, 0.1) is 5.92 Å². The van der Waals surface area contributed by atoms with Crippen LogP contribution in [0.25, 0.3) is 0 Å². The summed E-state index contributed by atoms with van der Waals surface area (Å²) in [5, 5.41) is 3.24.